The highest BCUT2D eigenvalue weighted by Gasteiger charge is 2.17. The summed E-state index contributed by atoms with van der Waals surface area (Å²) in [5.74, 6) is -0.631. The van der Waals surface area contributed by atoms with E-state index in [2.05, 4.69) is 46.3 Å². The zero-order valence-electron chi connectivity index (χ0n) is 18.0. The summed E-state index contributed by atoms with van der Waals surface area (Å²) < 4.78 is 23.8. The van der Waals surface area contributed by atoms with Crippen molar-refractivity contribution < 1.29 is 13.2 Å². The molecule has 0 aromatic heterocycles. The molecular formula is C22H37N3O3S. The fraction of sp³-hybridized carbons (Fsp3) is 0.682. The molecule has 1 aliphatic heterocycles. The molecule has 0 radical (unpaired) electrons. The predicted octanol–water partition coefficient (Wildman–Crippen LogP) is 2.62. The second-order valence-electron chi connectivity index (χ2n) is 8.02. The van der Waals surface area contributed by atoms with Gasteiger partial charge in [-0.2, -0.15) is 0 Å². The Bertz CT molecular complexity index is 729. The Kier molecular flexibility index (Phi) is 9.94. The maximum absolute atomic E-state index is 11.9. The average molecular weight is 424 g/mol. The summed E-state index contributed by atoms with van der Waals surface area (Å²) in [6.07, 6.45) is 4.39. The summed E-state index contributed by atoms with van der Waals surface area (Å²) in [6.45, 7) is 9.90. The Balaban J connectivity index is 1.55. The Morgan fingerprint density at radius 1 is 1.07 bits per heavy atom. The van der Waals surface area contributed by atoms with Gasteiger partial charge >= 0.3 is 0 Å². The summed E-state index contributed by atoms with van der Waals surface area (Å²) in [4.78, 5) is 16.7. The Hall–Kier alpha value is -1.60. The van der Waals surface area contributed by atoms with E-state index in [-0.39, 0.29) is 17.4 Å². The Morgan fingerprint density at radius 2 is 1.83 bits per heavy atom. The van der Waals surface area contributed by atoms with Gasteiger partial charge in [-0.25, -0.2) is 8.42 Å². The smallest absolute Gasteiger partial charge is 0.235 e. The molecule has 0 bridgehead atoms. The lowest BCUT2D eigenvalue weighted by molar-refractivity contribution is -0.118. The van der Waals surface area contributed by atoms with Crippen LogP contribution in [0.2, 0.25) is 0 Å². The van der Waals surface area contributed by atoms with Crippen molar-refractivity contribution in [3.8, 4) is 0 Å². The minimum atomic E-state index is -3.27. The molecule has 0 aliphatic carbocycles. The number of anilines is 1. The van der Waals surface area contributed by atoms with E-state index in [0.29, 0.717) is 13.0 Å². The van der Waals surface area contributed by atoms with E-state index in [9.17, 15) is 13.2 Å². The van der Waals surface area contributed by atoms with E-state index in [4.69, 9.17) is 0 Å². The number of hydrogen-bond acceptors (Lipinski definition) is 5. The fourth-order valence-corrected chi connectivity index (χ4v) is 4.93. The highest BCUT2D eigenvalue weighted by atomic mass is 32.2. The lowest BCUT2D eigenvalue weighted by atomic mass is 10.2. The number of unbranched alkanes of at least 4 members (excludes halogenated alkanes) is 3. The van der Waals surface area contributed by atoms with E-state index in [1.165, 1.54) is 11.3 Å². The van der Waals surface area contributed by atoms with E-state index in [1.54, 1.807) is 0 Å². The van der Waals surface area contributed by atoms with Gasteiger partial charge in [0.15, 0.2) is 9.84 Å². The molecular weight excluding hydrogens is 386 g/mol. The van der Waals surface area contributed by atoms with Crippen molar-refractivity contribution >= 4 is 21.4 Å². The maximum atomic E-state index is 11.9. The van der Waals surface area contributed by atoms with E-state index < -0.39 is 9.84 Å². The lowest BCUT2D eigenvalue weighted by Crippen LogP contribution is -2.46. The van der Waals surface area contributed by atoms with Crippen LogP contribution in [0, 0.1) is 6.92 Å². The zero-order valence-corrected chi connectivity index (χ0v) is 18.8. The standard InChI is InChI=1S/C22H37N3O3S/c1-3-4-7-17-29(27,28)19-22(26)23-11-5-6-12-24-13-15-25(16-14-24)21-10-8-9-20(2)18-21/h8-10,18H,3-7,11-17,19H2,1-2H3,(H,23,26). The predicted molar refractivity (Wildman–Crippen MR) is 120 cm³/mol. The van der Waals surface area contributed by atoms with Crippen molar-refractivity contribution in [3.05, 3.63) is 29.8 Å². The molecule has 6 nitrogen and oxygen atoms in total. The van der Waals surface area contributed by atoms with Gasteiger partial charge in [-0.3, -0.25) is 9.69 Å². The van der Waals surface area contributed by atoms with E-state index in [0.717, 1.165) is 58.4 Å². The number of sulfone groups is 1. The van der Waals surface area contributed by atoms with Crippen molar-refractivity contribution in [1.82, 2.24) is 10.2 Å². The quantitative estimate of drug-likeness (QED) is 0.524. The van der Waals surface area contributed by atoms with Crippen LogP contribution in [0.25, 0.3) is 0 Å². The van der Waals surface area contributed by atoms with Gasteiger partial charge in [-0.1, -0.05) is 31.9 Å². The molecule has 1 aliphatic rings. The van der Waals surface area contributed by atoms with Gasteiger partial charge in [-0.05, 0) is 50.4 Å². The van der Waals surface area contributed by atoms with E-state index in [1.807, 2.05) is 6.92 Å². The van der Waals surface area contributed by atoms with Crippen LogP contribution in [-0.4, -0.2) is 70.0 Å². The molecule has 0 atom stereocenters. The summed E-state index contributed by atoms with van der Waals surface area (Å²) in [7, 11) is -3.27. The number of piperazine rings is 1. The molecule has 1 heterocycles. The van der Waals surface area contributed by atoms with Crippen molar-refractivity contribution in [2.75, 3.05) is 55.7 Å². The molecule has 1 saturated heterocycles. The summed E-state index contributed by atoms with van der Waals surface area (Å²) in [5.41, 5.74) is 2.60. The van der Waals surface area contributed by atoms with Gasteiger partial charge in [0.25, 0.3) is 0 Å². The summed E-state index contributed by atoms with van der Waals surface area (Å²) in [5, 5.41) is 2.76. The molecule has 29 heavy (non-hydrogen) atoms. The first-order valence-electron chi connectivity index (χ1n) is 10.9. The number of carbonyl (C=O) groups is 1. The van der Waals surface area contributed by atoms with Crippen molar-refractivity contribution in [2.45, 2.75) is 46.0 Å². The van der Waals surface area contributed by atoms with Crippen LogP contribution in [0.5, 0.6) is 0 Å². The Morgan fingerprint density at radius 3 is 2.52 bits per heavy atom. The molecule has 1 N–H and O–H groups in total. The molecule has 0 unspecified atom stereocenters. The van der Waals surface area contributed by atoms with Gasteiger partial charge in [0.05, 0.1) is 5.75 Å². The third kappa shape index (κ3) is 9.17. The number of nitrogens with zero attached hydrogens (tertiary/aromatic N) is 2. The van der Waals surface area contributed by atoms with Gasteiger partial charge in [-0.15, -0.1) is 0 Å². The first kappa shape index (κ1) is 23.7. The van der Waals surface area contributed by atoms with Crippen LogP contribution >= 0.6 is 0 Å². The third-order valence-corrected chi connectivity index (χ3v) is 6.98. The monoisotopic (exact) mass is 423 g/mol. The summed E-state index contributed by atoms with van der Waals surface area (Å²) in [6, 6.07) is 8.65. The van der Waals surface area contributed by atoms with Crippen LogP contribution in [0.1, 0.15) is 44.6 Å². The molecule has 164 valence electrons. The first-order chi connectivity index (χ1) is 13.9. The molecule has 0 spiro atoms. The number of nitrogens with one attached hydrogen (secondary N) is 1. The minimum absolute atomic E-state index is 0.114. The Labute approximate surface area is 176 Å². The lowest BCUT2D eigenvalue weighted by Gasteiger charge is -2.36. The average Bonchev–Trinajstić information content (AvgIpc) is 2.68. The molecule has 2 rings (SSSR count). The molecule has 1 aromatic carbocycles. The highest BCUT2D eigenvalue weighted by molar-refractivity contribution is 7.92. The van der Waals surface area contributed by atoms with Crippen LogP contribution < -0.4 is 10.2 Å². The number of hydrogen-bond donors (Lipinski definition) is 1. The number of rotatable bonds is 12. The third-order valence-electron chi connectivity index (χ3n) is 5.37. The van der Waals surface area contributed by atoms with Gasteiger partial charge < -0.3 is 10.2 Å². The fourth-order valence-electron chi connectivity index (χ4n) is 3.64. The molecule has 7 heteroatoms. The number of amides is 1. The zero-order chi connectivity index (χ0) is 21.1. The molecule has 1 amide bonds. The van der Waals surface area contributed by atoms with Crippen molar-refractivity contribution in [1.29, 1.82) is 0 Å². The number of carbonyl (C=O) groups excluding carboxylic acids is 1. The topological polar surface area (TPSA) is 69.7 Å². The van der Waals surface area contributed by atoms with Crippen molar-refractivity contribution in [3.63, 3.8) is 0 Å². The SMILES string of the molecule is CCCCCS(=O)(=O)CC(=O)NCCCCN1CCN(c2cccc(C)c2)CC1. The van der Waals surface area contributed by atoms with Crippen LogP contribution in [0.3, 0.4) is 0 Å². The van der Waals surface area contributed by atoms with Gasteiger partial charge in [0.2, 0.25) is 5.91 Å². The van der Waals surface area contributed by atoms with E-state index >= 15 is 0 Å². The van der Waals surface area contributed by atoms with Crippen LogP contribution in [0.15, 0.2) is 24.3 Å². The largest absolute Gasteiger partial charge is 0.369 e. The minimum Gasteiger partial charge on any atom is -0.369 e. The second kappa shape index (κ2) is 12.2. The second-order valence-corrected chi connectivity index (χ2v) is 10.2. The summed E-state index contributed by atoms with van der Waals surface area (Å²) >= 11 is 0. The van der Waals surface area contributed by atoms with Crippen LogP contribution in [0.4, 0.5) is 5.69 Å². The normalized spacial score (nSPS) is 15.4. The first-order valence-corrected chi connectivity index (χ1v) is 12.7. The molecule has 0 saturated carbocycles. The molecule has 1 aromatic rings. The molecule has 1 fully saturated rings. The number of benzene rings is 1. The highest BCUT2D eigenvalue weighted by Crippen LogP contribution is 2.17. The van der Waals surface area contributed by atoms with Crippen molar-refractivity contribution in [2.24, 2.45) is 0 Å². The maximum Gasteiger partial charge on any atom is 0.235 e. The van der Waals surface area contributed by atoms with Gasteiger partial charge in [0.1, 0.15) is 5.75 Å². The number of aryl methyl sites for hydroxylation is 1. The van der Waals surface area contributed by atoms with Crippen LogP contribution in [-0.2, 0) is 14.6 Å². The van der Waals surface area contributed by atoms with Gasteiger partial charge in [0, 0.05) is 38.4 Å².